The monoisotopic (exact) mass is 457 g/mol. The van der Waals surface area contributed by atoms with Crippen LogP contribution in [0.25, 0.3) is 11.0 Å². The molecule has 1 aliphatic rings. The first kappa shape index (κ1) is 22.0. The Bertz CT molecular complexity index is 1390. The van der Waals surface area contributed by atoms with Crippen LogP contribution < -0.4 is 5.32 Å². The molecule has 10 heteroatoms. The lowest BCUT2D eigenvalue weighted by molar-refractivity contribution is 0.314. The zero-order valence-corrected chi connectivity index (χ0v) is 18.3. The van der Waals surface area contributed by atoms with E-state index in [2.05, 4.69) is 15.3 Å². The molecule has 0 aliphatic carbocycles. The number of para-hydroxylation sites is 2. The quantitative estimate of drug-likeness (QED) is 0.558. The van der Waals surface area contributed by atoms with Gasteiger partial charge in [0, 0.05) is 24.7 Å². The number of piperidine rings is 1. The second kappa shape index (κ2) is 9.13. The highest BCUT2D eigenvalue weighted by atomic mass is 32.2. The van der Waals surface area contributed by atoms with Gasteiger partial charge in [-0.1, -0.05) is 12.1 Å². The van der Waals surface area contributed by atoms with Crippen LogP contribution in [0.2, 0.25) is 0 Å². The molecule has 0 amide bonds. The third-order valence-corrected chi connectivity index (χ3v) is 7.51. The number of H-pyrrole nitrogens is 1. The molecular weight excluding hydrogens is 438 g/mol. The molecule has 0 saturated carbocycles. The van der Waals surface area contributed by atoms with Crippen molar-refractivity contribution in [2.45, 2.75) is 23.7 Å². The number of allylic oxidation sites excluding steroid dienone is 2. The molecule has 0 bridgehead atoms. The molecule has 1 aromatic heterocycles. The molecule has 2 aromatic carbocycles. The van der Waals surface area contributed by atoms with Crippen molar-refractivity contribution in [2.24, 2.45) is 0 Å². The molecule has 1 aliphatic heterocycles. The van der Waals surface area contributed by atoms with Crippen molar-refractivity contribution in [3.8, 4) is 18.2 Å². The lowest BCUT2D eigenvalue weighted by Crippen LogP contribution is -2.38. The van der Waals surface area contributed by atoms with Gasteiger partial charge in [-0.3, -0.25) is 0 Å². The minimum Gasteiger partial charge on any atom is -0.345 e. The summed E-state index contributed by atoms with van der Waals surface area (Å²) in [6.07, 6.45) is 1.33. The molecule has 1 saturated heterocycles. The summed E-state index contributed by atoms with van der Waals surface area (Å²) in [4.78, 5) is 8.13. The molecule has 9 nitrogen and oxygen atoms in total. The van der Waals surface area contributed by atoms with Gasteiger partial charge in [-0.05, 0) is 49.2 Å². The minimum atomic E-state index is -3.68. The minimum absolute atomic E-state index is 0.138. The number of aromatic amines is 1. The molecule has 0 atom stereocenters. The third-order valence-electron chi connectivity index (χ3n) is 5.60. The standard InChI is InChI=1S/C23H19N7O2S/c24-13-17(14-25)22(15-26)27-18-5-7-19(8-6-18)33(31,32)30-11-9-16(10-12-30)23-28-20-3-1-2-4-21(20)29-23/h1-8,16,27H,9-12H2,(H,28,29). The summed E-state index contributed by atoms with van der Waals surface area (Å²) < 4.78 is 27.7. The van der Waals surface area contributed by atoms with E-state index in [-0.39, 0.29) is 22.1 Å². The smallest absolute Gasteiger partial charge is 0.243 e. The van der Waals surface area contributed by atoms with Crippen molar-refractivity contribution in [1.82, 2.24) is 14.3 Å². The first-order valence-corrected chi connectivity index (χ1v) is 11.7. The molecule has 164 valence electrons. The Morgan fingerprint density at radius 2 is 1.67 bits per heavy atom. The van der Waals surface area contributed by atoms with Gasteiger partial charge in [-0.2, -0.15) is 20.1 Å². The maximum atomic E-state index is 13.1. The first-order valence-electron chi connectivity index (χ1n) is 10.2. The molecular formula is C23H19N7O2S. The van der Waals surface area contributed by atoms with Crippen LogP contribution in [0.5, 0.6) is 0 Å². The summed E-state index contributed by atoms with van der Waals surface area (Å²) in [6.45, 7) is 0.776. The second-order valence-corrected chi connectivity index (χ2v) is 9.49. The Morgan fingerprint density at radius 3 is 2.27 bits per heavy atom. The number of hydrogen-bond donors (Lipinski definition) is 2. The maximum Gasteiger partial charge on any atom is 0.243 e. The molecule has 33 heavy (non-hydrogen) atoms. The van der Waals surface area contributed by atoms with Gasteiger partial charge in [-0.15, -0.1) is 0 Å². The maximum absolute atomic E-state index is 13.1. The van der Waals surface area contributed by atoms with E-state index in [0.717, 1.165) is 16.9 Å². The number of fused-ring (bicyclic) bond motifs is 1. The van der Waals surface area contributed by atoms with Crippen molar-refractivity contribution in [3.63, 3.8) is 0 Å². The van der Waals surface area contributed by atoms with Crippen LogP contribution >= 0.6 is 0 Å². The lowest BCUT2D eigenvalue weighted by Gasteiger charge is -2.30. The van der Waals surface area contributed by atoms with E-state index in [1.807, 2.05) is 24.3 Å². The summed E-state index contributed by atoms with van der Waals surface area (Å²) in [6, 6.07) is 18.7. The van der Waals surface area contributed by atoms with Crippen LogP contribution in [0.3, 0.4) is 0 Å². The van der Waals surface area contributed by atoms with E-state index in [0.29, 0.717) is 31.6 Å². The van der Waals surface area contributed by atoms with Crippen LogP contribution in [0, 0.1) is 34.0 Å². The fraction of sp³-hybridized carbons (Fsp3) is 0.217. The Labute approximate surface area is 191 Å². The molecule has 2 N–H and O–H groups in total. The fourth-order valence-electron chi connectivity index (χ4n) is 3.82. The van der Waals surface area contributed by atoms with E-state index < -0.39 is 10.0 Å². The SMILES string of the molecule is N#CC(C#N)=C(C#N)Nc1ccc(S(=O)(=O)N2CCC(c3nc4ccccc4[nH]3)CC2)cc1. The van der Waals surface area contributed by atoms with Gasteiger partial charge in [0.2, 0.25) is 10.0 Å². The number of aromatic nitrogens is 2. The predicted molar refractivity (Wildman–Crippen MR) is 121 cm³/mol. The summed E-state index contributed by atoms with van der Waals surface area (Å²) >= 11 is 0. The van der Waals surface area contributed by atoms with Gasteiger partial charge in [0.15, 0.2) is 5.57 Å². The molecule has 1 fully saturated rings. The van der Waals surface area contributed by atoms with E-state index in [1.54, 1.807) is 18.2 Å². The van der Waals surface area contributed by atoms with Gasteiger partial charge >= 0.3 is 0 Å². The topological polar surface area (TPSA) is 149 Å². The molecule has 3 aromatic rings. The van der Waals surface area contributed by atoms with E-state index >= 15 is 0 Å². The normalized spacial score (nSPS) is 14.7. The number of benzene rings is 2. The number of imidazole rings is 1. The number of nitriles is 3. The molecule has 4 rings (SSSR count). The van der Waals surface area contributed by atoms with E-state index in [1.165, 1.54) is 28.6 Å². The number of nitrogens with one attached hydrogen (secondary N) is 2. The number of rotatable bonds is 5. The third kappa shape index (κ3) is 4.42. The highest BCUT2D eigenvalue weighted by molar-refractivity contribution is 7.89. The van der Waals surface area contributed by atoms with Crippen molar-refractivity contribution in [2.75, 3.05) is 18.4 Å². The zero-order valence-electron chi connectivity index (χ0n) is 17.5. The van der Waals surface area contributed by atoms with Crippen LogP contribution in [0.15, 0.2) is 64.7 Å². The molecule has 0 radical (unpaired) electrons. The summed E-state index contributed by atoms with van der Waals surface area (Å²) in [5, 5.41) is 29.6. The summed E-state index contributed by atoms with van der Waals surface area (Å²) in [7, 11) is -3.68. The van der Waals surface area contributed by atoms with Crippen LogP contribution in [0.1, 0.15) is 24.6 Å². The van der Waals surface area contributed by atoms with Gasteiger partial charge in [0.25, 0.3) is 0 Å². The first-order chi connectivity index (χ1) is 16.0. The lowest BCUT2D eigenvalue weighted by atomic mass is 9.97. The number of hydrogen-bond acceptors (Lipinski definition) is 7. The predicted octanol–water partition coefficient (Wildman–Crippen LogP) is 3.37. The van der Waals surface area contributed by atoms with Crippen molar-refractivity contribution in [1.29, 1.82) is 15.8 Å². The van der Waals surface area contributed by atoms with Gasteiger partial charge in [0.1, 0.15) is 29.7 Å². The highest BCUT2D eigenvalue weighted by Crippen LogP contribution is 2.30. The Kier molecular flexibility index (Phi) is 6.10. The van der Waals surface area contributed by atoms with Gasteiger partial charge in [0.05, 0.1) is 15.9 Å². The van der Waals surface area contributed by atoms with Crippen molar-refractivity contribution < 1.29 is 8.42 Å². The second-order valence-electron chi connectivity index (χ2n) is 7.55. The summed E-state index contributed by atoms with van der Waals surface area (Å²) in [5.41, 5.74) is 1.74. The Morgan fingerprint density at radius 1 is 1.00 bits per heavy atom. The van der Waals surface area contributed by atoms with Crippen molar-refractivity contribution >= 4 is 26.7 Å². The van der Waals surface area contributed by atoms with E-state index in [9.17, 15) is 8.42 Å². The zero-order chi connectivity index (χ0) is 23.4. The number of nitrogens with zero attached hydrogens (tertiary/aromatic N) is 5. The van der Waals surface area contributed by atoms with Crippen LogP contribution in [-0.4, -0.2) is 35.8 Å². The van der Waals surface area contributed by atoms with Gasteiger partial charge in [-0.25, -0.2) is 13.4 Å². The highest BCUT2D eigenvalue weighted by Gasteiger charge is 2.31. The largest absolute Gasteiger partial charge is 0.345 e. The van der Waals surface area contributed by atoms with E-state index in [4.69, 9.17) is 15.8 Å². The van der Waals surface area contributed by atoms with Crippen molar-refractivity contribution in [3.05, 3.63) is 65.6 Å². The van der Waals surface area contributed by atoms with Gasteiger partial charge < -0.3 is 10.3 Å². The van der Waals surface area contributed by atoms with Crippen LogP contribution in [0.4, 0.5) is 5.69 Å². The van der Waals surface area contributed by atoms with Crippen LogP contribution in [-0.2, 0) is 10.0 Å². The molecule has 0 unspecified atom stereocenters. The number of anilines is 1. The Balaban J connectivity index is 1.45. The molecule has 0 spiro atoms. The average molecular weight is 458 g/mol. The average Bonchev–Trinajstić information content (AvgIpc) is 3.29. The fourth-order valence-corrected chi connectivity index (χ4v) is 5.29. The molecule has 2 heterocycles. The number of sulfonamides is 1. The summed E-state index contributed by atoms with van der Waals surface area (Å²) in [5.74, 6) is 1.06. The Hall–Kier alpha value is -4.17.